The van der Waals surface area contributed by atoms with E-state index in [0.717, 1.165) is 41.2 Å². The highest BCUT2D eigenvalue weighted by molar-refractivity contribution is 5.86. The normalized spacial score (nSPS) is 21.2. The van der Waals surface area contributed by atoms with E-state index in [4.69, 9.17) is 0 Å². The van der Waals surface area contributed by atoms with Crippen molar-refractivity contribution in [2.24, 2.45) is 0 Å². The Kier molecular flexibility index (Phi) is 2.79. The van der Waals surface area contributed by atoms with Crippen LogP contribution >= 0.6 is 0 Å². The van der Waals surface area contributed by atoms with Crippen LogP contribution < -0.4 is 0 Å². The summed E-state index contributed by atoms with van der Waals surface area (Å²) in [6, 6.07) is 16.4. The van der Waals surface area contributed by atoms with Crippen molar-refractivity contribution in [2.75, 3.05) is 0 Å². The van der Waals surface area contributed by atoms with Crippen molar-refractivity contribution < 1.29 is 5.11 Å². The molecule has 21 heavy (non-hydrogen) atoms. The van der Waals surface area contributed by atoms with Crippen LogP contribution in [0.5, 0.6) is 0 Å². The van der Waals surface area contributed by atoms with Gasteiger partial charge in [0, 0.05) is 17.8 Å². The molecule has 0 radical (unpaired) electrons. The van der Waals surface area contributed by atoms with E-state index < -0.39 is 5.60 Å². The van der Waals surface area contributed by atoms with E-state index in [2.05, 4.69) is 29.2 Å². The molecule has 1 atom stereocenters. The van der Waals surface area contributed by atoms with Crippen LogP contribution in [0.4, 0.5) is 0 Å². The molecule has 0 saturated carbocycles. The van der Waals surface area contributed by atoms with Gasteiger partial charge in [0.2, 0.25) is 0 Å². The van der Waals surface area contributed by atoms with E-state index in [0.29, 0.717) is 0 Å². The monoisotopic (exact) mass is 275 g/mol. The zero-order chi connectivity index (χ0) is 14.3. The molecule has 1 aliphatic carbocycles. The summed E-state index contributed by atoms with van der Waals surface area (Å²) in [6.45, 7) is 0. The van der Waals surface area contributed by atoms with Gasteiger partial charge in [-0.25, -0.2) is 0 Å². The molecule has 1 aliphatic rings. The smallest absolute Gasteiger partial charge is 0.116 e. The van der Waals surface area contributed by atoms with E-state index in [-0.39, 0.29) is 0 Å². The third-order valence-electron chi connectivity index (χ3n) is 4.58. The number of pyridine rings is 1. The van der Waals surface area contributed by atoms with Crippen molar-refractivity contribution in [2.45, 2.75) is 24.9 Å². The maximum absolute atomic E-state index is 11.5. The van der Waals surface area contributed by atoms with Gasteiger partial charge in [-0.05, 0) is 47.4 Å². The average molecular weight is 275 g/mol. The molecule has 2 heteroatoms. The molecule has 1 aromatic heterocycles. The van der Waals surface area contributed by atoms with Crippen molar-refractivity contribution in [3.05, 3.63) is 77.6 Å². The highest BCUT2D eigenvalue weighted by Crippen LogP contribution is 2.42. The van der Waals surface area contributed by atoms with E-state index in [1.807, 2.05) is 30.5 Å². The van der Waals surface area contributed by atoms with Crippen molar-refractivity contribution >= 4 is 10.8 Å². The Labute approximate surface area is 124 Å². The van der Waals surface area contributed by atoms with Crippen molar-refractivity contribution in [3.8, 4) is 0 Å². The zero-order valence-electron chi connectivity index (χ0n) is 11.8. The third-order valence-corrected chi connectivity index (χ3v) is 4.58. The third kappa shape index (κ3) is 1.87. The number of hydrogen-bond donors (Lipinski definition) is 1. The molecule has 1 N–H and O–H groups in total. The fourth-order valence-corrected chi connectivity index (χ4v) is 3.56. The molecule has 2 aromatic carbocycles. The second-order valence-electron chi connectivity index (χ2n) is 5.77. The van der Waals surface area contributed by atoms with Crippen molar-refractivity contribution in [3.63, 3.8) is 0 Å². The number of hydrogen-bond acceptors (Lipinski definition) is 2. The number of rotatable bonds is 1. The highest BCUT2D eigenvalue weighted by Gasteiger charge is 2.36. The van der Waals surface area contributed by atoms with Gasteiger partial charge >= 0.3 is 0 Å². The van der Waals surface area contributed by atoms with Gasteiger partial charge in [-0.2, -0.15) is 0 Å². The van der Waals surface area contributed by atoms with E-state index in [1.165, 1.54) is 5.56 Å². The Hall–Kier alpha value is -2.19. The average Bonchev–Trinajstić information content (AvgIpc) is 2.55. The fraction of sp³-hybridized carbons (Fsp3) is 0.211. The summed E-state index contributed by atoms with van der Waals surface area (Å²) in [5.41, 5.74) is 2.37. The SMILES string of the molecule is OC1(c2cccc3ccncc23)CCCc2ccccc21. The Bertz CT molecular complexity index is 806. The van der Waals surface area contributed by atoms with Crippen LogP contribution in [0.3, 0.4) is 0 Å². The summed E-state index contributed by atoms with van der Waals surface area (Å²) in [7, 11) is 0. The lowest BCUT2D eigenvalue weighted by molar-refractivity contribution is 0.0631. The predicted molar refractivity (Wildman–Crippen MR) is 84.1 cm³/mol. The van der Waals surface area contributed by atoms with Gasteiger partial charge < -0.3 is 5.11 Å². The molecule has 0 aliphatic heterocycles. The summed E-state index contributed by atoms with van der Waals surface area (Å²) >= 11 is 0. The van der Waals surface area contributed by atoms with Gasteiger partial charge in [0.15, 0.2) is 0 Å². The number of aryl methyl sites for hydroxylation is 1. The quantitative estimate of drug-likeness (QED) is 0.732. The van der Waals surface area contributed by atoms with E-state index in [9.17, 15) is 5.11 Å². The lowest BCUT2D eigenvalue weighted by atomic mass is 9.74. The van der Waals surface area contributed by atoms with Crippen LogP contribution in [0.1, 0.15) is 29.5 Å². The van der Waals surface area contributed by atoms with Crippen molar-refractivity contribution in [1.82, 2.24) is 4.98 Å². The van der Waals surface area contributed by atoms with Gasteiger partial charge in [0.25, 0.3) is 0 Å². The maximum Gasteiger partial charge on any atom is 0.116 e. The lowest BCUT2D eigenvalue weighted by Crippen LogP contribution is -2.32. The van der Waals surface area contributed by atoms with Gasteiger partial charge in [-0.15, -0.1) is 0 Å². The molecule has 1 unspecified atom stereocenters. The van der Waals surface area contributed by atoms with E-state index >= 15 is 0 Å². The molecule has 4 rings (SSSR count). The van der Waals surface area contributed by atoms with E-state index in [1.54, 1.807) is 6.20 Å². The molecular weight excluding hydrogens is 258 g/mol. The molecule has 2 nitrogen and oxygen atoms in total. The second kappa shape index (κ2) is 4.68. The number of aromatic nitrogens is 1. The first-order chi connectivity index (χ1) is 10.3. The molecule has 0 amide bonds. The molecule has 0 bridgehead atoms. The van der Waals surface area contributed by atoms with Crippen LogP contribution in [0.15, 0.2) is 60.9 Å². The predicted octanol–water partition coefficient (Wildman–Crippen LogP) is 3.81. The second-order valence-corrected chi connectivity index (χ2v) is 5.77. The first-order valence-corrected chi connectivity index (χ1v) is 7.43. The summed E-state index contributed by atoms with van der Waals surface area (Å²) in [5, 5.41) is 13.6. The summed E-state index contributed by atoms with van der Waals surface area (Å²) in [5.74, 6) is 0. The van der Waals surface area contributed by atoms with Crippen LogP contribution in [0.2, 0.25) is 0 Å². The standard InChI is InChI=1S/C19H17NO/c21-19(11-4-7-15-5-1-2-8-17(15)19)18-9-3-6-14-10-12-20-13-16(14)18/h1-3,5-6,8-10,12-13,21H,4,7,11H2. The van der Waals surface area contributed by atoms with Crippen molar-refractivity contribution in [1.29, 1.82) is 0 Å². The molecule has 104 valence electrons. The first-order valence-electron chi connectivity index (χ1n) is 7.43. The number of aliphatic hydroxyl groups is 1. The van der Waals surface area contributed by atoms with Crippen LogP contribution in [-0.4, -0.2) is 10.1 Å². The molecule has 0 spiro atoms. The van der Waals surface area contributed by atoms with Gasteiger partial charge in [-0.3, -0.25) is 4.98 Å². The molecule has 0 fully saturated rings. The minimum Gasteiger partial charge on any atom is -0.380 e. The van der Waals surface area contributed by atoms with Crippen LogP contribution in [0, 0.1) is 0 Å². The topological polar surface area (TPSA) is 33.1 Å². The fourth-order valence-electron chi connectivity index (χ4n) is 3.56. The Balaban J connectivity index is 2.01. The Morgan fingerprint density at radius 1 is 0.952 bits per heavy atom. The summed E-state index contributed by atoms with van der Waals surface area (Å²) < 4.78 is 0. The Morgan fingerprint density at radius 3 is 2.76 bits per heavy atom. The maximum atomic E-state index is 11.5. The van der Waals surface area contributed by atoms with Crippen LogP contribution in [0.25, 0.3) is 10.8 Å². The minimum absolute atomic E-state index is 0.762. The molecule has 0 saturated heterocycles. The molecule has 3 aromatic rings. The summed E-state index contributed by atoms with van der Waals surface area (Å²) in [6.07, 6.45) is 6.47. The number of fused-ring (bicyclic) bond motifs is 2. The minimum atomic E-state index is -0.905. The van der Waals surface area contributed by atoms with Gasteiger partial charge in [0.05, 0.1) is 0 Å². The molecule has 1 heterocycles. The van der Waals surface area contributed by atoms with Crippen LogP contribution in [-0.2, 0) is 12.0 Å². The highest BCUT2D eigenvalue weighted by atomic mass is 16.3. The Morgan fingerprint density at radius 2 is 1.81 bits per heavy atom. The zero-order valence-corrected chi connectivity index (χ0v) is 11.8. The van der Waals surface area contributed by atoms with Gasteiger partial charge in [0.1, 0.15) is 5.60 Å². The van der Waals surface area contributed by atoms with Gasteiger partial charge in [-0.1, -0.05) is 42.5 Å². The molecular formula is C19H17NO. The lowest BCUT2D eigenvalue weighted by Gasteiger charge is -2.35. The first kappa shape index (κ1) is 12.5. The summed E-state index contributed by atoms with van der Waals surface area (Å²) in [4.78, 5) is 4.24. The largest absolute Gasteiger partial charge is 0.380 e. The number of nitrogens with zero attached hydrogens (tertiary/aromatic N) is 1. The number of benzene rings is 2.